The molecule has 0 saturated carbocycles. The lowest BCUT2D eigenvalue weighted by Crippen LogP contribution is -2.39. The van der Waals surface area contributed by atoms with E-state index >= 15 is 0 Å². The Balaban J connectivity index is 1.47. The summed E-state index contributed by atoms with van der Waals surface area (Å²) in [5, 5.41) is 9.64. The number of phenolic OH excluding ortho intramolecular Hbond substituents is 1. The summed E-state index contributed by atoms with van der Waals surface area (Å²) in [5.41, 5.74) is 5.57. The maximum absolute atomic E-state index is 12.7. The van der Waals surface area contributed by atoms with Crippen molar-refractivity contribution in [2.24, 2.45) is 10.9 Å². The maximum atomic E-state index is 12.7. The lowest BCUT2D eigenvalue weighted by atomic mass is 9.82. The van der Waals surface area contributed by atoms with Crippen LogP contribution in [-0.2, 0) is 0 Å². The number of phenols is 1. The number of benzene rings is 2. The van der Waals surface area contributed by atoms with Crippen molar-refractivity contribution in [3.63, 3.8) is 0 Å². The first-order chi connectivity index (χ1) is 13.5. The highest BCUT2D eigenvalue weighted by Crippen LogP contribution is 2.40. The highest BCUT2D eigenvalue weighted by Gasteiger charge is 2.32. The van der Waals surface area contributed by atoms with E-state index in [-0.39, 0.29) is 17.7 Å². The Morgan fingerprint density at radius 3 is 2.54 bits per heavy atom. The standard InChI is InChI=1S/C24H26N2O2/c1-16-6-3-4-9-21(16)23-22(14-17(2)25-23)18-10-12-26(13-11-18)24(28)19-7-5-8-20(27)15-19/h3-9,14-15,18,23,27H,10-13H2,1-2H3. The van der Waals surface area contributed by atoms with Gasteiger partial charge < -0.3 is 10.0 Å². The highest BCUT2D eigenvalue weighted by atomic mass is 16.3. The van der Waals surface area contributed by atoms with Crippen LogP contribution in [0.2, 0.25) is 0 Å². The molecule has 4 heteroatoms. The van der Waals surface area contributed by atoms with Crippen LogP contribution in [0.4, 0.5) is 0 Å². The van der Waals surface area contributed by atoms with Crippen LogP contribution in [0.25, 0.3) is 0 Å². The first-order valence-corrected chi connectivity index (χ1v) is 9.92. The number of hydrogen-bond donors (Lipinski definition) is 1. The molecule has 0 aliphatic carbocycles. The average molecular weight is 374 g/mol. The fourth-order valence-corrected chi connectivity index (χ4v) is 4.36. The van der Waals surface area contributed by atoms with Crippen molar-refractivity contribution >= 4 is 11.6 Å². The molecule has 2 aliphatic rings. The van der Waals surface area contributed by atoms with Gasteiger partial charge in [-0.2, -0.15) is 0 Å². The van der Waals surface area contributed by atoms with Crippen molar-refractivity contribution in [2.75, 3.05) is 13.1 Å². The topological polar surface area (TPSA) is 52.9 Å². The quantitative estimate of drug-likeness (QED) is 0.847. The number of amides is 1. The normalized spacial score (nSPS) is 20.1. The van der Waals surface area contributed by atoms with Gasteiger partial charge in [-0.15, -0.1) is 0 Å². The first kappa shape index (κ1) is 18.5. The Morgan fingerprint density at radius 1 is 1.07 bits per heavy atom. The lowest BCUT2D eigenvalue weighted by Gasteiger charge is -2.34. The van der Waals surface area contributed by atoms with Gasteiger partial charge in [0.1, 0.15) is 5.75 Å². The minimum absolute atomic E-state index is 0.00219. The Labute approximate surface area is 166 Å². The van der Waals surface area contributed by atoms with Crippen LogP contribution < -0.4 is 0 Å². The number of allylic oxidation sites excluding steroid dienone is 1. The lowest BCUT2D eigenvalue weighted by molar-refractivity contribution is 0.0700. The van der Waals surface area contributed by atoms with Crippen LogP contribution in [0.1, 0.15) is 47.3 Å². The Hall–Kier alpha value is -2.88. The number of rotatable bonds is 3. The third-order valence-corrected chi connectivity index (χ3v) is 5.85. The molecule has 2 aromatic rings. The zero-order valence-corrected chi connectivity index (χ0v) is 16.4. The van der Waals surface area contributed by atoms with E-state index in [0.717, 1.165) is 31.6 Å². The van der Waals surface area contributed by atoms with E-state index in [0.29, 0.717) is 11.5 Å². The molecule has 0 radical (unpaired) electrons. The Morgan fingerprint density at radius 2 is 1.82 bits per heavy atom. The van der Waals surface area contributed by atoms with E-state index in [1.54, 1.807) is 24.3 Å². The average Bonchev–Trinajstić information content (AvgIpc) is 3.09. The van der Waals surface area contributed by atoms with Crippen molar-refractivity contribution in [3.05, 3.63) is 76.9 Å². The van der Waals surface area contributed by atoms with E-state index in [4.69, 9.17) is 4.99 Å². The molecule has 144 valence electrons. The summed E-state index contributed by atoms with van der Waals surface area (Å²) in [6.07, 6.45) is 4.14. The minimum Gasteiger partial charge on any atom is -0.508 e. The molecule has 1 amide bonds. The zero-order valence-electron chi connectivity index (χ0n) is 16.4. The molecule has 2 aromatic carbocycles. The van der Waals surface area contributed by atoms with Gasteiger partial charge in [0, 0.05) is 24.4 Å². The summed E-state index contributed by atoms with van der Waals surface area (Å²) in [4.78, 5) is 19.5. The number of carbonyl (C=O) groups is 1. The zero-order chi connectivity index (χ0) is 19.7. The number of hydrogen-bond acceptors (Lipinski definition) is 3. The number of aliphatic imine (C=N–C) groups is 1. The van der Waals surface area contributed by atoms with Gasteiger partial charge in [-0.25, -0.2) is 0 Å². The van der Waals surface area contributed by atoms with E-state index in [1.165, 1.54) is 16.7 Å². The predicted molar refractivity (Wildman–Crippen MR) is 112 cm³/mol. The van der Waals surface area contributed by atoms with Crippen LogP contribution in [0.3, 0.4) is 0 Å². The summed E-state index contributed by atoms with van der Waals surface area (Å²) in [6, 6.07) is 15.2. The fraction of sp³-hybridized carbons (Fsp3) is 0.333. The molecule has 4 rings (SSSR count). The van der Waals surface area contributed by atoms with Crippen molar-refractivity contribution in [1.29, 1.82) is 0 Å². The van der Waals surface area contributed by atoms with Crippen LogP contribution in [0.15, 0.2) is 65.2 Å². The molecular formula is C24H26N2O2. The molecular weight excluding hydrogens is 348 g/mol. The number of nitrogens with zero attached hydrogens (tertiary/aromatic N) is 2. The van der Waals surface area contributed by atoms with E-state index in [1.807, 2.05) is 4.90 Å². The minimum atomic E-state index is -0.00219. The number of carbonyl (C=O) groups excluding carboxylic acids is 1. The van der Waals surface area contributed by atoms with Crippen LogP contribution in [-0.4, -0.2) is 34.7 Å². The number of likely N-dealkylation sites (tertiary alicyclic amines) is 1. The summed E-state index contributed by atoms with van der Waals surface area (Å²) < 4.78 is 0. The molecule has 4 nitrogen and oxygen atoms in total. The Kier molecular flexibility index (Phi) is 5.03. The van der Waals surface area contributed by atoms with Crippen molar-refractivity contribution in [3.8, 4) is 5.75 Å². The summed E-state index contributed by atoms with van der Waals surface area (Å²) in [6.45, 7) is 5.68. The van der Waals surface area contributed by atoms with Gasteiger partial charge >= 0.3 is 0 Å². The molecule has 1 saturated heterocycles. The van der Waals surface area contributed by atoms with E-state index in [9.17, 15) is 9.90 Å². The fourth-order valence-electron chi connectivity index (χ4n) is 4.36. The second-order valence-electron chi connectivity index (χ2n) is 7.79. The third kappa shape index (κ3) is 3.59. The molecule has 2 heterocycles. The van der Waals surface area contributed by atoms with E-state index < -0.39 is 0 Å². The number of aromatic hydroxyl groups is 1. The number of aryl methyl sites for hydroxylation is 1. The summed E-state index contributed by atoms with van der Waals surface area (Å²) in [7, 11) is 0. The summed E-state index contributed by atoms with van der Waals surface area (Å²) in [5.74, 6) is 0.571. The molecule has 0 aromatic heterocycles. The van der Waals surface area contributed by atoms with Crippen molar-refractivity contribution < 1.29 is 9.90 Å². The monoisotopic (exact) mass is 374 g/mol. The van der Waals surface area contributed by atoms with Gasteiger partial charge in [-0.3, -0.25) is 9.79 Å². The first-order valence-electron chi connectivity index (χ1n) is 9.92. The molecule has 0 bridgehead atoms. The molecule has 1 fully saturated rings. The Bertz CT molecular complexity index is 953. The van der Waals surface area contributed by atoms with Gasteiger partial charge in [0.25, 0.3) is 5.91 Å². The largest absolute Gasteiger partial charge is 0.508 e. The predicted octanol–water partition coefficient (Wildman–Crippen LogP) is 4.70. The van der Waals surface area contributed by atoms with Gasteiger partial charge in [0.05, 0.1) is 6.04 Å². The van der Waals surface area contributed by atoms with Gasteiger partial charge in [0.15, 0.2) is 0 Å². The smallest absolute Gasteiger partial charge is 0.253 e. The molecule has 1 atom stereocenters. The second-order valence-corrected chi connectivity index (χ2v) is 7.79. The third-order valence-electron chi connectivity index (χ3n) is 5.85. The number of piperidine rings is 1. The maximum Gasteiger partial charge on any atom is 0.253 e. The summed E-state index contributed by atoms with van der Waals surface area (Å²) >= 11 is 0. The second kappa shape index (κ2) is 7.63. The van der Waals surface area contributed by atoms with Crippen molar-refractivity contribution in [2.45, 2.75) is 32.7 Å². The van der Waals surface area contributed by atoms with Crippen LogP contribution in [0, 0.1) is 12.8 Å². The molecule has 1 N–H and O–H groups in total. The molecule has 28 heavy (non-hydrogen) atoms. The van der Waals surface area contributed by atoms with Gasteiger partial charge in [-0.1, -0.05) is 30.3 Å². The SMILES string of the molecule is CC1=NC(c2ccccc2C)C(C2CCN(C(=O)c3cccc(O)c3)CC2)=C1. The molecule has 0 spiro atoms. The van der Waals surface area contributed by atoms with Crippen LogP contribution >= 0.6 is 0 Å². The highest BCUT2D eigenvalue weighted by molar-refractivity contribution is 5.96. The molecule has 2 aliphatic heterocycles. The van der Waals surface area contributed by atoms with Crippen molar-refractivity contribution in [1.82, 2.24) is 4.90 Å². The van der Waals surface area contributed by atoms with E-state index in [2.05, 4.69) is 44.2 Å². The van der Waals surface area contributed by atoms with Gasteiger partial charge in [0.2, 0.25) is 0 Å². The van der Waals surface area contributed by atoms with Crippen LogP contribution in [0.5, 0.6) is 5.75 Å². The van der Waals surface area contributed by atoms with Gasteiger partial charge in [-0.05, 0) is 73.6 Å². The molecule has 1 unspecified atom stereocenters.